The van der Waals surface area contributed by atoms with Gasteiger partial charge in [-0.15, -0.1) is 15.3 Å². The van der Waals surface area contributed by atoms with Gasteiger partial charge in [0, 0.05) is 5.02 Å². The standard InChI is InChI=1S/C14H11ClF3N5O/c15-9-1-3-10(4-2-9)24-8-7-19-11-5-6-12-20-21-13(14(16,17)18)23(12)22-11/h1-6H,7-8H2,(H,19,22). The van der Waals surface area contributed by atoms with Crippen LogP contribution in [0.4, 0.5) is 19.0 Å². The molecular weight excluding hydrogens is 347 g/mol. The average Bonchev–Trinajstić information content (AvgIpc) is 2.96. The highest BCUT2D eigenvalue weighted by molar-refractivity contribution is 6.30. The maximum atomic E-state index is 12.8. The SMILES string of the molecule is FC(F)(F)c1nnc2ccc(NCCOc3ccc(Cl)cc3)nn12. The zero-order chi connectivity index (χ0) is 17.2. The summed E-state index contributed by atoms with van der Waals surface area (Å²) in [7, 11) is 0. The number of anilines is 1. The highest BCUT2D eigenvalue weighted by atomic mass is 35.5. The minimum Gasteiger partial charge on any atom is -0.492 e. The lowest BCUT2D eigenvalue weighted by Crippen LogP contribution is -2.15. The Hall–Kier alpha value is -2.55. The predicted molar refractivity (Wildman–Crippen MR) is 81.2 cm³/mol. The van der Waals surface area contributed by atoms with Crippen molar-refractivity contribution in [2.75, 3.05) is 18.5 Å². The van der Waals surface area contributed by atoms with Gasteiger partial charge in [-0.2, -0.15) is 17.7 Å². The van der Waals surface area contributed by atoms with Crippen molar-refractivity contribution in [1.29, 1.82) is 0 Å². The van der Waals surface area contributed by atoms with Gasteiger partial charge in [-0.05, 0) is 36.4 Å². The number of halogens is 4. The van der Waals surface area contributed by atoms with E-state index in [1.165, 1.54) is 12.1 Å². The van der Waals surface area contributed by atoms with Crippen molar-refractivity contribution in [3.8, 4) is 5.75 Å². The van der Waals surface area contributed by atoms with E-state index in [0.717, 1.165) is 0 Å². The van der Waals surface area contributed by atoms with Gasteiger partial charge in [-0.3, -0.25) is 0 Å². The first-order valence-corrected chi connectivity index (χ1v) is 7.23. The van der Waals surface area contributed by atoms with Gasteiger partial charge in [0.15, 0.2) is 5.65 Å². The fraction of sp³-hybridized carbons (Fsp3) is 0.214. The fourth-order valence-corrected chi connectivity index (χ4v) is 2.06. The highest BCUT2D eigenvalue weighted by Gasteiger charge is 2.37. The molecule has 2 heterocycles. The lowest BCUT2D eigenvalue weighted by Gasteiger charge is -2.09. The Balaban J connectivity index is 1.62. The second-order valence-corrected chi connectivity index (χ2v) is 5.18. The second-order valence-electron chi connectivity index (χ2n) is 4.74. The summed E-state index contributed by atoms with van der Waals surface area (Å²) >= 11 is 5.77. The fourth-order valence-electron chi connectivity index (χ4n) is 1.94. The number of nitrogens with zero attached hydrogens (tertiary/aromatic N) is 4. The van der Waals surface area contributed by atoms with Crippen molar-refractivity contribution in [1.82, 2.24) is 19.8 Å². The van der Waals surface area contributed by atoms with E-state index in [1.54, 1.807) is 24.3 Å². The lowest BCUT2D eigenvalue weighted by atomic mass is 10.3. The summed E-state index contributed by atoms with van der Waals surface area (Å²) in [4.78, 5) is 0. The maximum Gasteiger partial charge on any atom is 0.453 e. The van der Waals surface area contributed by atoms with Crippen molar-refractivity contribution in [3.05, 3.63) is 47.2 Å². The van der Waals surface area contributed by atoms with E-state index in [0.29, 0.717) is 28.4 Å². The molecule has 3 rings (SSSR count). The zero-order valence-corrected chi connectivity index (χ0v) is 12.8. The number of benzene rings is 1. The van der Waals surface area contributed by atoms with E-state index < -0.39 is 12.0 Å². The quantitative estimate of drug-likeness (QED) is 0.710. The number of nitrogens with one attached hydrogen (secondary N) is 1. The van der Waals surface area contributed by atoms with Gasteiger partial charge in [-0.1, -0.05) is 11.6 Å². The van der Waals surface area contributed by atoms with Crippen LogP contribution in [0, 0.1) is 0 Å². The third kappa shape index (κ3) is 3.67. The highest BCUT2D eigenvalue weighted by Crippen LogP contribution is 2.27. The van der Waals surface area contributed by atoms with Gasteiger partial charge < -0.3 is 10.1 Å². The summed E-state index contributed by atoms with van der Waals surface area (Å²) in [6.07, 6.45) is -4.62. The second kappa shape index (κ2) is 6.52. The van der Waals surface area contributed by atoms with Crippen molar-refractivity contribution < 1.29 is 17.9 Å². The summed E-state index contributed by atoms with van der Waals surface area (Å²) in [6, 6.07) is 9.76. The van der Waals surface area contributed by atoms with E-state index in [1.807, 2.05) is 0 Å². The molecule has 3 aromatic rings. The molecule has 0 saturated carbocycles. The molecule has 0 fully saturated rings. The Labute approximate surface area is 139 Å². The van der Waals surface area contributed by atoms with Crippen molar-refractivity contribution in [2.45, 2.75) is 6.18 Å². The van der Waals surface area contributed by atoms with Gasteiger partial charge >= 0.3 is 6.18 Å². The molecule has 0 aliphatic carbocycles. The summed E-state index contributed by atoms with van der Waals surface area (Å²) in [5.74, 6) is -0.270. The number of hydrogen-bond acceptors (Lipinski definition) is 5. The molecule has 0 saturated heterocycles. The Morgan fingerprint density at radius 3 is 2.54 bits per heavy atom. The van der Waals surface area contributed by atoms with Gasteiger partial charge in [-0.25, -0.2) is 0 Å². The van der Waals surface area contributed by atoms with E-state index >= 15 is 0 Å². The molecule has 0 aliphatic rings. The minimum absolute atomic E-state index is 0.0188. The third-order valence-corrected chi connectivity index (χ3v) is 3.26. The van der Waals surface area contributed by atoms with Gasteiger partial charge in [0.05, 0.1) is 6.54 Å². The average molecular weight is 358 g/mol. The Morgan fingerprint density at radius 2 is 1.83 bits per heavy atom. The molecule has 126 valence electrons. The number of alkyl halides is 3. The van der Waals surface area contributed by atoms with Crippen LogP contribution in [0.2, 0.25) is 5.02 Å². The van der Waals surface area contributed by atoms with Crippen LogP contribution < -0.4 is 10.1 Å². The minimum atomic E-state index is -4.62. The van der Waals surface area contributed by atoms with Gasteiger partial charge in [0.1, 0.15) is 18.2 Å². The van der Waals surface area contributed by atoms with Crippen LogP contribution in [-0.4, -0.2) is 33.0 Å². The predicted octanol–water partition coefficient (Wildman–Crippen LogP) is 3.29. The molecule has 1 N–H and O–H groups in total. The Morgan fingerprint density at radius 1 is 1.08 bits per heavy atom. The van der Waals surface area contributed by atoms with Crippen LogP contribution in [0.25, 0.3) is 5.65 Å². The molecule has 0 spiro atoms. The summed E-state index contributed by atoms with van der Waals surface area (Å²) in [6.45, 7) is 0.653. The van der Waals surface area contributed by atoms with Crippen LogP contribution >= 0.6 is 11.6 Å². The molecule has 2 aromatic heterocycles. The monoisotopic (exact) mass is 357 g/mol. The molecule has 0 radical (unpaired) electrons. The van der Waals surface area contributed by atoms with E-state index in [9.17, 15) is 13.2 Å². The molecular formula is C14H11ClF3N5O. The first-order valence-electron chi connectivity index (χ1n) is 6.85. The molecule has 0 unspecified atom stereocenters. The van der Waals surface area contributed by atoms with E-state index in [4.69, 9.17) is 16.3 Å². The first kappa shape index (κ1) is 16.3. The van der Waals surface area contributed by atoms with Crippen LogP contribution in [0.3, 0.4) is 0 Å². The number of aromatic nitrogens is 4. The summed E-state index contributed by atoms with van der Waals surface area (Å²) in [5.41, 5.74) is 0.0188. The molecule has 10 heteroatoms. The van der Waals surface area contributed by atoms with Crippen molar-refractivity contribution in [2.24, 2.45) is 0 Å². The number of hydrogen-bond donors (Lipinski definition) is 1. The normalized spacial score (nSPS) is 11.7. The molecule has 0 amide bonds. The number of rotatable bonds is 5. The summed E-state index contributed by atoms with van der Waals surface area (Å²) < 4.78 is 44.5. The smallest absolute Gasteiger partial charge is 0.453 e. The number of ether oxygens (including phenoxy) is 1. The zero-order valence-electron chi connectivity index (χ0n) is 12.1. The van der Waals surface area contributed by atoms with Gasteiger partial charge in [0.2, 0.25) is 0 Å². The van der Waals surface area contributed by atoms with Crippen LogP contribution in [0.15, 0.2) is 36.4 Å². The van der Waals surface area contributed by atoms with Crippen LogP contribution in [0.1, 0.15) is 5.82 Å². The molecule has 6 nitrogen and oxygen atoms in total. The maximum absolute atomic E-state index is 12.8. The Bertz CT molecular complexity index is 835. The van der Waals surface area contributed by atoms with Crippen molar-refractivity contribution >= 4 is 23.1 Å². The van der Waals surface area contributed by atoms with Crippen molar-refractivity contribution in [3.63, 3.8) is 0 Å². The molecule has 24 heavy (non-hydrogen) atoms. The van der Waals surface area contributed by atoms with Crippen LogP contribution in [-0.2, 0) is 6.18 Å². The molecule has 1 aromatic carbocycles. The third-order valence-electron chi connectivity index (χ3n) is 3.01. The largest absolute Gasteiger partial charge is 0.492 e. The summed E-state index contributed by atoms with van der Waals surface area (Å²) in [5, 5.41) is 13.9. The first-order chi connectivity index (χ1) is 11.4. The topological polar surface area (TPSA) is 64.3 Å². The molecule has 0 bridgehead atoms. The van der Waals surface area contributed by atoms with Gasteiger partial charge in [0.25, 0.3) is 5.82 Å². The molecule has 0 aliphatic heterocycles. The Kier molecular flexibility index (Phi) is 4.43. The lowest BCUT2D eigenvalue weighted by molar-refractivity contribution is -0.146. The molecule has 0 atom stereocenters. The number of fused-ring (bicyclic) bond motifs is 1. The van der Waals surface area contributed by atoms with Crippen LogP contribution in [0.5, 0.6) is 5.75 Å². The van der Waals surface area contributed by atoms with E-state index in [2.05, 4.69) is 20.6 Å². The van der Waals surface area contributed by atoms with E-state index in [-0.39, 0.29) is 11.5 Å².